The van der Waals surface area contributed by atoms with Crippen LogP contribution in [0.1, 0.15) is 36.5 Å². The highest BCUT2D eigenvalue weighted by atomic mass is 35.5. The van der Waals surface area contributed by atoms with Gasteiger partial charge in [-0.1, -0.05) is 30.7 Å². The summed E-state index contributed by atoms with van der Waals surface area (Å²) in [5.41, 5.74) is 1.30. The molecular formula is C21H26ClN3O4S. The third-order valence-electron chi connectivity index (χ3n) is 4.26. The van der Waals surface area contributed by atoms with E-state index in [0.717, 1.165) is 12.7 Å². The van der Waals surface area contributed by atoms with Crippen LogP contribution in [0.3, 0.4) is 0 Å². The molecule has 0 unspecified atom stereocenters. The number of rotatable bonds is 10. The first-order chi connectivity index (χ1) is 14.2. The number of sulfonamides is 1. The topological polar surface area (TPSA) is 95.6 Å². The number of anilines is 2. The van der Waals surface area contributed by atoms with E-state index >= 15 is 0 Å². The summed E-state index contributed by atoms with van der Waals surface area (Å²) in [6.07, 6.45) is 2.34. The zero-order valence-electron chi connectivity index (χ0n) is 17.0. The van der Waals surface area contributed by atoms with Gasteiger partial charge in [0.1, 0.15) is 0 Å². The van der Waals surface area contributed by atoms with Gasteiger partial charge in [0.25, 0.3) is 5.91 Å². The van der Waals surface area contributed by atoms with Crippen LogP contribution in [0, 0.1) is 0 Å². The van der Waals surface area contributed by atoms with Crippen LogP contribution in [0.4, 0.5) is 11.4 Å². The number of carbonyl (C=O) groups excluding carboxylic acids is 2. The van der Waals surface area contributed by atoms with Crippen LogP contribution in [0.5, 0.6) is 0 Å². The fourth-order valence-corrected chi connectivity index (χ4v) is 3.90. The average Bonchev–Trinajstić information content (AvgIpc) is 2.70. The molecule has 0 spiro atoms. The molecule has 7 nitrogen and oxygen atoms in total. The smallest absolute Gasteiger partial charge is 0.253 e. The summed E-state index contributed by atoms with van der Waals surface area (Å²) in [6.45, 7) is 2.65. The van der Waals surface area contributed by atoms with Crippen molar-refractivity contribution in [3.63, 3.8) is 0 Å². The molecule has 0 aliphatic carbocycles. The lowest BCUT2D eigenvalue weighted by Gasteiger charge is -2.22. The molecule has 0 heterocycles. The first kappa shape index (κ1) is 23.7. The van der Waals surface area contributed by atoms with E-state index in [4.69, 9.17) is 11.6 Å². The number of para-hydroxylation sites is 1. The van der Waals surface area contributed by atoms with Crippen LogP contribution in [0.2, 0.25) is 5.02 Å². The van der Waals surface area contributed by atoms with Crippen molar-refractivity contribution in [1.29, 1.82) is 0 Å². The molecule has 2 aromatic carbocycles. The molecule has 0 bridgehead atoms. The van der Waals surface area contributed by atoms with Gasteiger partial charge < -0.3 is 10.6 Å². The summed E-state index contributed by atoms with van der Waals surface area (Å²) in [4.78, 5) is 24.6. The molecule has 162 valence electrons. The second-order valence-corrected chi connectivity index (χ2v) is 9.11. The van der Waals surface area contributed by atoms with Gasteiger partial charge in [0.15, 0.2) is 0 Å². The van der Waals surface area contributed by atoms with Gasteiger partial charge >= 0.3 is 0 Å². The molecule has 0 atom stereocenters. The predicted molar refractivity (Wildman–Crippen MR) is 121 cm³/mol. The largest absolute Gasteiger partial charge is 0.352 e. The van der Waals surface area contributed by atoms with Crippen molar-refractivity contribution in [1.82, 2.24) is 5.32 Å². The number of carbonyl (C=O) groups is 2. The first-order valence-corrected chi connectivity index (χ1v) is 11.9. The van der Waals surface area contributed by atoms with Crippen LogP contribution in [-0.2, 0) is 14.8 Å². The van der Waals surface area contributed by atoms with E-state index in [2.05, 4.69) is 10.6 Å². The Hall–Kier alpha value is -2.58. The quantitative estimate of drug-likeness (QED) is 0.576. The van der Waals surface area contributed by atoms with Gasteiger partial charge in [0.2, 0.25) is 15.9 Å². The minimum Gasteiger partial charge on any atom is -0.352 e. The first-order valence-electron chi connectivity index (χ1n) is 9.62. The van der Waals surface area contributed by atoms with Crippen LogP contribution >= 0.6 is 11.6 Å². The Balaban J connectivity index is 1.99. The van der Waals surface area contributed by atoms with Gasteiger partial charge in [0.05, 0.1) is 23.2 Å². The highest BCUT2D eigenvalue weighted by Crippen LogP contribution is 2.21. The van der Waals surface area contributed by atoms with Crippen molar-refractivity contribution >= 4 is 44.8 Å². The third kappa shape index (κ3) is 7.03. The SMILES string of the molecule is CCCNC(=O)c1ccccc1NC(=O)CCCN(c1ccc(Cl)cc1)S(C)(=O)=O. The van der Waals surface area contributed by atoms with Crippen molar-refractivity contribution in [2.24, 2.45) is 0 Å². The summed E-state index contributed by atoms with van der Waals surface area (Å²) in [7, 11) is -3.51. The van der Waals surface area contributed by atoms with Crippen molar-refractivity contribution < 1.29 is 18.0 Å². The fourth-order valence-electron chi connectivity index (χ4n) is 2.81. The molecule has 0 aliphatic heterocycles. The number of nitrogens with zero attached hydrogens (tertiary/aromatic N) is 1. The van der Waals surface area contributed by atoms with E-state index in [1.54, 1.807) is 48.5 Å². The number of hydrogen-bond donors (Lipinski definition) is 2. The molecule has 0 aliphatic rings. The van der Waals surface area contributed by atoms with Gasteiger partial charge in [0, 0.05) is 24.5 Å². The van der Waals surface area contributed by atoms with Crippen LogP contribution in [0.25, 0.3) is 0 Å². The zero-order chi connectivity index (χ0) is 22.1. The Morgan fingerprint density at radius 1 is 1.07 bits per heavy atom. The Morgan fingerprint density at radius 3 is 2.37 bits per heavy atom. The highest BCUT2D eigenvalue weighted by Gasteiger charge is 2.18. The summed E-state index contributed by atoms with van der Waals surface area (Å²) in [5.74, 6) is -0.547. The maximum absolute atomic E-state index is 12.4. The number of amides is 2. The van der Waals surface area contributed by atoms with Gasteiger partial charge in [-0.05, 0) is 49.2 Å². The molecule has 0 radical (unpaired) electrons. The van der Waals surface area contributed by atoms with Crippen molar-refractivity contribution in [3.05, 3.63) is 59.1 Å². The van der Waals surface area contributed by atoms with Gasteiger partial charge in [-0.3, -0.25) is 13.9 Å². The molecule has 0 fully saturated rings. The van der Waals surface area contributed by atoms with Gasteiger partial charge in [-0.25, -0.2) is 8.42 Å². The van der Waals surface area contributed by atoms with E-state index in [9.17, 15) is 18.0 Å². The number of hydrogen-bond acceptors (Lipinski definition) is 4. The van der Waals surface area contributed by atoms with Gasteiger partial charge in [-0.15, -0.1) is 0 Å². The van der Waals surface area contributed by atoms with E-state index in [1.165, 1.54) is 4.31 Å². The minimum absolute atomic E-state index is 0.102. The lowest BCUT2D eigenvalue weighted by Crippen LogP contribution is -2.31. The Kier molecular flexibility index (Phi) is 8.68. The van der Waals surface area contributed by atoms with E-state index in [-0.39, 0.29) is 24.8 Å². The molecule has 2 amide bonds. The number of nitrogens with one attached hydrogen (secondary N) is 2. The second kappa shape index (κ2) is 11.0. The molecule has 0 saturated carbocycles. The van der Waals surface area contributed by atoms with Crippen LogP contribution < -0.4 is 14.9 Å². The van der Waals surface area contributed by atoms with Crippen molar-refractivity contribution in [2.75, 3.05) is 29.0 Å². The molecule has 0 aromatic heterocycles. The second-order valence-electron chi connectivity index (χ2n) is 6.76. The Morgan fingerprint density at radius 2 is 1.73 bits per heavy atom. The monoisotopic (exact) mass is 451 g/mol. The van der Waals surface area contributed by atoms with Crippen LogP contribution in [0.15, 0.2) is 48.5 Å². The predicted octanol–water partition coefficient (Wildman–Crippen LogP) is 3.66. The molecule has 2 aromatic rings. The zero-order valence-corrected chi connectivity index (χ0v) is 18.6. The average molecular weight is 452 g/mol. The van der Waals surface area contributed by atoms with Crippen LogP contribution in [-0.4, -0.2) is 39.6 Å². The fraction of sp³-hybridized carbons (Fsp3) is 0.333. The lowest BCUT2D eigenvalue weighted by molar-refractivity contribution is -0.116. The summed E-state index contributed by atoms with van der Waals surface area (Å²) >= 11 is 5.87. The third-order valence-corrected chi connectivity index (χ3v) is 5.71. The van der Waals surface area contributed by atoms with E-state index in [0.29, 0.717) is 34.9 Å². The number of halogens is 1. The van der Waals surface area contributed by atoms with Crippen molar-refractivity contribution in [3.8, 4) is 0 Å². The number of benzene rings is 2. The molecule has 0 saturated heterocycles. The molecule has 2 rings (SSSR count). The minimum atomic E-state index is -3.51. The molecular weight excluding hydrogens is 426 g/mol. The van der Waals surface area contributed by atoms with E-state index in [1.807, 2.05) is 6.92 Å². The molecule has 2 N–H and O–H groups in total. The Bertz CT molecular complexity index is 978. The maximum Gasteiger partial charge on any atom is 0.253 e. The van der Waals surface area contributed by atoms with E-state index < -0.39 is 10.0 Å². The normalized spacial score (nSPS) is 11.0. The van der Waals surface area contributed by atoms with Gasteiger partial charge in [-0.2, -0.15) is 0 Å². The molecule has 30 heavy (non-hydrogen) atoms. The lowest BCUT2D eigenvalue weighted by atomic mass is 10.1. The Labute approximate surface area is 182 Å². The standard InChI is InChI=1S/C21H26ClN3O4S/c1-3-14-23-21(27)18-7-4-5-8-19(18)24-20(26)9-6-15-25(30(2,28)29)17-12-10-16(22)11-13-17/h4-5,7-8,10-13H,3,6,9,14-15H2,1-2H3,(H,23,27)(H,24,26). The maximum atomic E-state index is 12.4. The highest BCUT2D eigenvalue weighted by molar-refractivity contribution is 7.92. The van der Waals surface area contributed by atoms with Crippen molar-refractivity contribution in [2.45, 2.75) is 26.2 Å². The summed E-state index contributed by atoms with van der Waals surface area (Å²) in [5, 5.41) is 6.04. The summed E-state index contributed by atoms with van der Waals surface area (Å²) in [6, 6.07) is 13.2. The summed E-state index contributed by atoms with van der Waals surface area (Å²) < 4.78 is 25.5. The molecule has 9 heteroatoms.